The minimum absolute atomic E-state index is 0.349. The Morgan fingerprint density at radius 3 is 3.18 bits per heavy atom. The zero-order chi connectivity index (χ0) is 12.1. The fourth-order valence-corrected chi connectivity index (χ4v) is 1.94. The van der Waals surface area contributed by atoms with Crippen molar-refractivity contribution in [2.24, 2.45) is 0 Å². The van der Waals surface area contributed by atoms with Crippen LogP contribution in [0.3, 0.4) is 0 Å². The van der Waals surface area contributed by atoms with Gasteiger partial charge in [-0.3, -0.25) is 0 Å². The van der Waals surface area contributed by atoms with E-state index in [-0.39, 0.29) is 0 Å². The van der Waals surface area contributed by atoms with Gasteiger partial charge in [0, 0.05) is 13.2 Å². The summed E-state index contributed by atoms with van der Waals surface area (Å²) < 4.78 is 10.7. The van der Waals surface area contributed by atoms with Gasteiger partial charge in [0.1, 0.15) is 6.33 Å². The summed E-state index contributed by atoms with van der Waals surface area (Å²) in [7, 11) is 1.56. The maximum Gasteiger partial charge on any atom is 0.203 e. The standard InChI is InChI=1S/C11H18N4O2/c1-16-9-10(12)14-7-15-11(9)13-5-4-8-3-2-6-17-8/h7-8H,2-6H2,1H3,(H3,12,13,14,15). The van der Waals surface area contributed by atoms with Crippen LogP contribution in [0.5, 0.6) is 5.75 Å². The van der Waals surface area contributed by atoms with Crippen LogP contribution in [-0.2, 0) is 4.74 Å². The predicted octanol–water partition coefficient (Wildman–Crippen LogP) is 1.05. The molecule has 0 radical (unpaired) electrons. The Hall–Kier alpha value is -1.56. The highest BCUT2D eigenvalue weighted by atomic mass is 16.5. The summed E-state index contributed by atoms with van der Waals surface area (Å²) >= 11 is 0. The zero-order valence-corrected chi connectivity index (χ0v) is 9.98. The Kier molecular flexibility index (Phi) is 3.98. The Labute approximate surface area is 101 Å². The molecule has 0 saturated carbocycles. The van der Waals surface area contributed by atoms with Crippen molar-refractivity contribution in [1.82, 2.24) is 9.97 Å². The summed E-state index contributed by atoms with van der Waals surface area (Å²) in [6.07, 6.45) is 5.06. The van der Waals surface area contributed by atoms with E-state index in [1.54, 1.807) is 7.11 Å². The molecule has 3 N–H and O–H groups in total. The zero-order valence-electron chi connectivity index (χ0n) is 9.98. The van der Waals surface area contributed by atoms with E-state index >= 15 is 0 Å². The predicted molar refractivity (Wildman–Crippen MR) is 65.1 cm³/mol. The first-order valence-corrected chi connectivity index (χ1v) is 5.81. The number of anilines is 2. The van der Waals surface area contributed by atoms with Crippen molar-refractivity contribution < 1.29 is 9.47 Å². The van der Waals surface area contributed by atoms with E-state index in [0.717, 1.165) is 32.4 Å². The smallest absolute Gasteiger partial charge is 0.203 e. The van der Waals surface area contributed by atoms with Crippen LogP contribution in [0.2, 0.25) is 0 Å². The van der Waals surface area contributed by atoms with Crippen LogP contribution < -0.4 is 15.8 Å². The third kappa shape index (κ3) is 2.97. The Bertz CT molecular complexity index is 366. The molecular formula is C11H18N4O2. The Morgan fingerprint density at radius 2 is 2.47 bits per heavy atom. The van der Waals surface area contributed by atoms with E-state index in [4.69, 9.17) is 15.2 Å². The maximum absolute atomic E-state index is 5.68. The van der Waals surface area contributed by atoms with Crippen molar-refractivity contribution in [1.29, 1.82) is 0 Å². The van der Waals surface area contributed by atoms with Crippen molar-refractivity contribution in [3.63, 3.8) is 0 Å². The number of nitrogens with two attached hydrogens (primary N) is 1. The summed E-state index contributed by atoms with van der Waals surface area (Å²) in [5, 5.41) is 3.20. The fourth-order valence-electron chi connectivity index (χ4n) is 1.94. The molecule has 0 amide bonds. The minimum atomic E-state index is 0.349. The van der Waals surface area contributed by atoms with Gasteiger partial charge in [-0.15, -0.1) is 0 Å². The monoisotopic (exact) mass is 238 g/mol. The number of hydrogen-bond acceptors (Lipinski definition) is 6. The Morgan fingerprint density at radius 1 is 1.59 bits per heavy atom. The lowest BCUT2D eigenvalue weighted by atomic mass is 10.2. The number of rotatable bonds is 5. The average molecular weight is 238 g/mol. The molecule has 0 spiro atoms. The number of hydrogen-bond donors (Lipinski definition) is 2. The van der Waals surface area contributed by atoms with Crippen LogP contribution in [0.1, 0.15) is 19.3 Å². The molecular weight excluding hydrogens is 220 g/mol. The van der Waals surface area contributed by atoms with E-state index in [0.29, 0.717) is 23.5 Å². The lowest BCUT2D eigenvalue weighted by molar-refractivity contribution is 0.107. The normalized spacial score (nSPS) is 19.2. The van der Waals surface area contributed by atoms with E-state index in [1.165, 1.54) is 6.33 Å². The first-order valence-electron chi connectivity index (χ1n) is 5.81. The van der Waals surface area contributed by atoms with E-state index in [2.05, 4.69) is 15.3 Å². The first-order chi connectivity index (χ1) is 8.31. The van der Waals surface area contributed by atoms with Crippen molar-refractivity contribution >= 4 is 11.6 Å². The van der Waals surface area contributed by atoms with Crippen LogP contribution in [0.4, 0.5) is 11.6 Å². The number of aromatic nitrogens is 2. The highest BCUT2D eigenvalue weighted by molar-refractivity contribution is 5.61. The van der Waals surface area contributed by atoms with E-state index in [9.17, 15) is 0 Å². The fraction of sp³-hybridized carbons (Fsp3) is 0.636. The number of ether oxygens (including phenoxy) is 2. The minimum Gasteiger partial charge on any atom is -0.490 e. The molecule has 6 nitrogen and oxygen atoms in total. The molecule has 2 rings (SSSR count). The average Bonchev–Trinajstić information content (AvgIpc) is 2.82. The summed E-state index contributed by atoms with van der Waals surface area (Å²) in [5.41, 5.74) is 5.68. The number of nitrogens with zero attached hydrogens (tertiary/aromatic N) is 2. The second-order valence-corrected chi connectivity index (χ2v) is 3.99. The largest absolute Gasteiger partial charge is 0.490 e. The second kappa shape index (κ2) is 5.67. The molecule has 94 valence electrons. The van der Waals surface area contributed by atoms with Gasteiger partial charge in [0.25, 0.3) is 0 Å². The molecule has 0 bridgehead atoms. The molecule has 2 heterocycles. The van der Waals surface area contributed by atoms with Crippen LogP contribution >= 0.6 is 0 Å². The SMILES string of the molecule is COc1c(N)ncnc1NCCC1CCCO1. The second-order valence-electron chi connectivity index (χ2n) is 3.99. The van der Waals surface area contributed by atoms with Gasteiger partial charge in [-0.05, 0) is 19.3 Å². The lowest BCUT2D eigenvalue weighted by Gasteiger charge is -2.13. The summed E-state index contributed by atoms with van der Waals surface area (Å²) in [5.74, 6) is 1.49. The van der Waals surface area contributed by atoms with Gasteiger partial charge >= 0.3 is 0 Å². The van der Waals surface area contributed by atoms with Gasteiger partial charge in [-0.2, -0.15) is 0 Å². The van der Waals surface area contributed by atoms with Gasteiger partial charge in [0.2, 0.25) is 5.75 Å². The lowest BCUT2D eigenvalue weighted by Crippen LogP contribution is -2.14. The van der Waals surface area contributed by atoms with Crippen molar-refractivity contribution in [3.05, 3.63) is 6.33 Å². The van der Waals surface area contributed by atoms with Crippen molar-refractivity contribution in [2.45, 2.75) is 25.4 Å². The van der Waals surface area contributed by atoms with Crippen molar-refractivity contribution in [3.8, 4) is 5.75 Å². The Balaban J connectivity index is 1.87. The molecule has 6 heteroatoms. The molecule has 1 fully saturated rings. The van der Waals surface area contributed by atoms with Gasteiger partial charge in [0.05, 0.1) is 13.2 Å². The van der Waals surface area contributed by atoms with E-state index < -0.39 is 0 Å². The molecule has 0 aliphatic carbocycles. The van der Waals surface area contributed by atoms with Gasteiger partial charge in [-0.1, -0.05) is 0 Å². The molecule has 1 saturated heterocycles. The number of nitrogen functional groups attached to an aromatic ring is 1. The van der Waals surface area contributed by atoms with E-state index in [1.807, 2.05) is 0 Å². The number of methoxy groups -OCH3 is 1. The first kappa shape index (κ1) is 11.9. The van der Waals surface area contributed by atoms with Crippen LogP contribution in [0.25, 0.3) is 0 Å². The maximum atomic E-state index is 5.68. The highest BCUT2D eigenvalue weighted by Gasteiger charge is 2.15. The molecule has 1 aromatic heterocycles. The molecule has 1 unspecified atom stereocenters. The molecule has 17 heavy (non-hydrogen) atoms. The molecule has 1 aromatic rings. The third-order valence-electron chi connectivity index (χ3n) is 2.82. The molecule has 1 aliphatic rings. The van der Waals surface area contributed by atoms with Gasteiger partial charge in [-0.25, -0.2) is 9.97 Å². The molecule has 0 aromatic carbocycles. The van der Waals surface area contributed by atoms with Crippen LogP contribution in [-0.4, -0.2) is 36.3 Å². The quantitative estimate of drug-likeness (QED) is 0.797. The topological polar surface area (TPSA) is 82.3 Å². The molecule has 1 atom stereocenters. The molecule has 1 aliphatic heterocycles. The van der Waals surface area contributed by atoms with Gasteiger partial charge < -0.3 is 20.5 Å². The number of nitrogens with one attached hydrogen (secondary N) is 1. The summed E-state index contributed by atoms with van der Waals surface area (Å²) in [4.78, 5) is 7.98. The van der Waals surface area contributed by atoms with Crippen molar-refractivity contribution in [2.75, 3.05) is 31.3 Å². The summed E-state index contributed by atoms with van der Waals surface area (Å²) in [6.45, 7) is 1.67. The van der Waals surface area contributed by atoms with Gasteiger partial charge in [0.15, 0.2) is 11.6 Å². The van der Waals surface area contributed by atoms with Crippen LogP contribution in [0.15, 0.2) is 6.33 Å². The summed E-state index contributed by atoms with van der Waals surface area (Å²) in [6, 6.07) is 0. The highest BCUT2D eigenvalue weighted by Crippen LogP contribution is 2.26. The third-order valence-corrected chi connectivity index (χ3v) is 2.82. The van der Waals surface area contributed by atoms with Crippen LogP contribution in [0, 0.1) is 0 Å².